The lowest BCUT2D eigenvalue weighted by Crippen LogP contribution is -2.51. The Labute approximate surface area is 145 Å². The van der Waals surface area contributed by atoms with Crippen LogP contribution in [0.25, 0.3) is 0 Å². The maximum absolute atomic E-state index is 4.65. The molecule has 1 aromatic heterocycles. The van der Waals surface area contributed by atoms with Gasteiger partial charge in [-0.1, -0.05) is 13.3 Å². The first-order valence-corrected chi connectivity index (χ1v) is 9.50. The van der Waals surface area contributed by atoms with Gasteiger partial charge in [-0.05, 0) is 38.5 Å². The summed E-state index contributed by atoms with van der Waals surface area (Å²) in [7, 11) is 1.97. The van der Waals surface area contributed by atoms with Gasteiger partial charge in [0.15, 0.2) is 5.96 Å². The quantitative estimate of drug-likeness (QED) is 0.619. The molecule has 3 unspecified atom stereocenters. The molecule has 1 saturated heterocycles. The van der Waals surface area contributed by atoms with Gasteiger partial charge in [-0.2, -0.15) is 5.10 Å². The first-order chi connectivity index (χ1) is 11.7. The molecular weight excluding hydrogens is 300 g/mol. The Morgan fingerprint density at radius 3 is 2.96 bits per heavy atom. The zero-order chi connectivity index (χ0) is 16.9. The number of nitrogens with one attached hydrogen (secondary N) is 2. The van der Waals surface area contributed by atoms with Crippen molar-refractivity contribution >= 4 is 11.6 Å². The lowest BCUT2D eigenvalue weighted by molar-refractivity contribution is 0.466. The molecule has 1 aromatic rings. The molecule has 3 atom stereocenters. The lowest BCUT2D eigenvalue weighted by atomic mass is 10.1. The van der Waals surface area contributed by atoms with Crippen LogP contribution in [0.15, 0.2) is 17.4 Å². The Morgan fingerprint density at radius 2 is 2.25 bits per heavy atom. The van der Waals surface area contributed by atoms with E-state index in [-0.39, 0.29) is 0 Å². The number of hydrogen-bond acceptors (Lipinski definition) is 3. The Hall–Kier alpha value is -1.72. The molecule has 0 bridgehead atoms. The molecule has 0 amide bonds. The maximum Gasteiger partial charge on any atom is 0.191 e. The molecule has 2 aliphatic rings. The van der Waals surface area contributed by atoms with Gasteiger partial charge in [-0.15, -0.1) is 0 Å². The number of aliphatic imine (C=N–C) groups is 1. The van der Waals surface area contributed by atoms with Crippen LogP contribution in [0.1, 0.15) is 46.0 Å². The minimum absolute atomic E-state index is 0.445. The molecule has 134 valence electrons. The summed E-state index contributed by atoms with van der Waals surface area (Å²) in [5.41, 5.74) is 1.22. The van der Waals surface area contributed by atoms with E-state index >= 15 is 0 Å². The van der Waals surface area contributed by atoms with Crippen LogP contribution in [0.2, 0.25) is 0 Å². The van der Waals surface area contributed by atoms with Gasteiger partial charge in [-0.3, -0.25) is 9.67 Å². The molecule has 0 radical (unpaired) electrons. The Kier molecular flexibility index (Phi) is 5.63. The summed E-state index contributed by atoms with van der Waals surface area (Å²) in [6.45, 7) is 7.31. The predicted molar refractivity (Wildman–Crippen MR) is 99.5 cm³/mol. The van der Waals surface area contributed by atoms with Gasteiger partial charge in [0, 0.05) is 45.0 Å². The van der Waals surface area contributed by atoms with Crippen LogP contribution in [0.3, 0.4) is 0 Å². The number of hydrogen-bond donors (Lipinski definition) is 2. The van der Waals surface area contributed by atoms with Gasteiger partial charge in [0.2, 0.25) is 0 Å². The zero-order valence-corrected chi connectivity index (χ0v) is 15.3. The van der Waals surface area contributed by atoms with E-state index in [4.69, 9.17) is 0 Å². The summed E-state index contributed by atoms with van der Waals surface area (Å²) in [6.07, 6.45) is 10.4. The van der Waals surface area contributed by atoms with E-state index in [1.807, 2.05) is 17.9 Å². The molecule has 1 aliphatic heterocycles. The van der Waals surface area contributed by atoms with Crippen LogP contribution in [0.4, 0.5) is 5.69 Å². The summed E-state index contributed by atoms with van der Waals surface area (Å²) in [5.74, 6) is 1.84. The van der Waals surface area contributed by atoms with Gasteiger partial charge in [0.1, 0.15) is 0 Å². The SMILES string of the molecule is CCCC1CC1NC(=NCC)NC1CCCN(c2cnn(C)c2)C1. The highest BCUT2D eigenvalue weighted by Gasteiger charge is 2.37. The van der Waals surface area contributed by atoms with Crippen LogP contribution in [0, 0.1) is 5.92 Å². The largest absolute Gasteiger partial charge is 0.367 e. The first kappa shape index (κ1) is 17.1. The molecule has 3 rings (SSSR count). The van der Waals surface area contributed by atoms with Crippen molar-refractivity contribution in [3.05, 3.63) is 12.4 Å². The number of anilines is 1. The third-order valence-electron chi connectivity index (χ3n) is 5.04. The van der Waals surface area contributed by atoms with Gasteiger partial charge < -0.3 is 15.5 Å². The summed E-state index contributed by atoms with van der Waals surface area (Å²) in [5, 5.41) is 11.6. The lowest BCUT2D eigenvalue weighted by Gasteiger charge is -2.34. The molecule has 6 heteroatoms. The smallest absolute Gasteiger partial charge is 0.191 e. The van der Waals surface area contributed by atoms with Crippen LogP contribution in [0.5, 0.6) is 0 Å². The first-order valence-electron chi connectivity index (χ1n) is 9.50. The van der Waals surface area contributed by atoms with Crippen molar-refractivity contribution < 1.29 is 0 Å². The number of nitrogens with zero attached hydrogens (tertiary/aromatic N) is 4. The van der Waals surface area contributed by atoms with E-state index in [9.17, 15) is 0 Å². The predicted octanol–water partition coefficient (Wildman–Crippen LogP) is 2.13. The average molecular weight is 332 g/mol. The number of guanidine groups is 1. The fourth-order valence-corrected chi connectivity index (χ4v) is 3.68. The van der Waals surface area contributed by atoms with Gasteiger partial charge in [0.05, 0.1) is 11.9 Å². The molecule has 2 N–H and O–H groups in total. The third kappa shape index (κ3) is 4.42. The van der Waals surface area contributed by atoms with Crippen LogP contribution in [-0.4, -0.2) is 47.5 Å². The van der Waals surface area contributed by atoms with Crippen molar-refractivity contribution in [1.29, 1.82) is 0 Å². The second-order valence-corrected chi connectivity index (χ2v) is 7.16. The number of aryl methyl sites for hydroxylation is 1. The fourth-order valence-electron chi connectivity index (χ4n) is 3.68. The Bertz CT molecular complexity index is 551. The third-order valence-corrected chi connectivity index (χ3v) is 5.04. The minimum atomic E-state index is 0.445. The Balaban J connectivity index is 1.53. The summed E-state index contributed by atoms with van der Waals surface area (Å²) in [6, 6.07) is 1.07. The van der Waals surface area contributed by atoms with Gasteiger partial charge >= 0.3 is 0 Å². The molecule has 6 nitrogen and oxygen atoms in total. The van der Waals surface area contributed by atoms with Crippen molar-refractivity contribution in [1.82, 2.24) is 20.4 Å². The monoisotopic (exact) mass is 332 g/mol. The number of piperidine rings is 1. The second kappa shape index (κ2) is 7.90. The summed E-state index contributed by atoms with van der Waals surface area (Å²) >= 11 is 0. The molecule has 24 heavy (non-hydrogen) atoms. The fraction of sp³-hybridized carbons (Fsp3) is 0.778. The zero-order valence-electron chi connectivity index (χ0n) is 15.3. The van der Waals surface area contributed by atoms with Crippen LogP contribution >= 0.6 is 0 Å². The van der Waals surface area contributed by atoms with E-state index in [2.05, 4.69) is 45.7 Å². The Morgan fingerprint density at radius 1 is 1.38 bits per heavy atom. The molecule has 2 heterocycles. The van der Waals surface area contributed by atoms with Crippen molar-refractivity contribution in [3.8, 4) is 0 Å². The van der Waals surface area contributed by atoms with E-state index in [1.54, 1.807) is 0 Å². The number of aromatic nitrogens is 2. The van der Waals surface area contributed by atoms with E-state index in [0.717, 1.165) is 31.5 Å². The van der Waals surface area contributed by atoms with Gasteiger partial charge in [0.25, 0.3) is 0 Å². The minimum Gasteiger partial charge on any atom is -0.367 e. The van der Waals surface area contributed by atoms with Crippen molar-refractivity contribution in [2.24, 2.45) is 18.0 Å². The summed E-state index contributed by atoms with van der Waals surface area (Å²) < 4.78 is 1.87. The topological polar surface area (TPSA) is 57.5 Å². The average Bonchev–Trinajstić information content (AvgIpc) is 3.13. The van der Waals surface area contributed by atoms with Crippen LogP contribution < -0.4 is 15.5 Å². The van der Waals surface area contributed by atoms with Crippen molar-refractivity contribution in [2.45, 2.75) is 58.0 Å². The molecule has 2 fully saturated rings. The van der Waals surface area contributed by atoms with Gasteiger partial charge in [-0.25, -0.2) is 0 Å². The van der Waals surface area contributed by atoms with E-state index < -0.39 is 0 Å². The molecule has 0 spiro atoms. The second-order valence-electron chi connectivity index (χ2n) is 7.16. The standard InChI is InChI=1S/C18H32N6/c1-4-7-14-10-17(14)22-18(19-5-2)21-15-8-6-9-24(12-15)16-11-20-23(3)13-16/h11,13-15,17H,4-10,12H2,1-3H3,(H2,19,21,22). The molecule has 0 aromatic carbocycles. The summed E-state index contributed by atoms with van der Waals surface area (Å²) in [4.78, 5) is 7.08. The van der Waals surface area contributed by atoms with Crippen molar-refractivity contribution in [2.75, 3.05) is 24.5 Å². The number of rotatable bonds is 6. The normalized spacial score (nSPS) is 27.2. The maximum atomic E-state index is 4.65. The highest BCUT2D eigenvalue weighted by Crippen LogP contribution is 2.34. The van der Waals surface area contributed by atoms with E-state index in [0.29, 0.717) is 12.1 Å². The highest BCUT2D eigenvalue weighted by molar-refractivity contribution is 5.81. The van der Waals surface area contributed by atoms with Crippen LogP contribution in [-0.2, 0) is 7.05 Å². The van der Waals surface area contributed by atoms with Crippen molar-refractivity contribution in [3.63, 3.8) is 0 Å². The van der Waals surface area contributed by atoms with E-state index in [1.165, 1.54) is 37.8 Å². The highest BCUT2D eigenvalue weighted by atomic mass is 15.3. The molecule has 1 aliphatic carbocycles. The molecule has 1 saturated carbocycles. The molecular formula is C18H32N6.